The highest BCUT2D eigenvalue weighted by atomic mass is 16.5. The first kappa shape index (κ1) is 12.2. The minimum absolute atomic E-state index is 0.123. The summed E-state index contributed by atoms with van der Waals surface area (Å²) in [5.74, 6) is 0. The van der Waals surface area contributed by atoms with Crippen LogP contribution >= 0.6 is 0 Å². The fraction of sp³-hybridized carbons (Fsp3) is 0.875. The van der Waals surface area contributed by atoms with Gasteiger partial charge in [-0.15, -0.1) is 0 Å². The van der Waals surface area contributed by atoms with Crippen molar-refractivity contribution in [3.8, 4) is 0 Å². The van der Waals surface area contributed by atoms with Crippen molar-refractivity contribution in [2.45, 2.75) is 19.8 Å². The lowest BCUT2D eigenvalue weighted by atomic mass is 9.84. The highest BCUT2D eigenvalue weighted by molar-refractivity contribution is 5.64. The lowest BCUT2D eigenvalue weighted by Gasteiger charge is -2.27. The third-order valence-corrected chi connectivity index (χ3v) is 2.30. The Bertz CT molecular complexity index is 148. The lowest BCUT2D eigenvalue weighted by Crippen LogP contribution is -2.31. The molecule has 0 aliphatic heterocycles. The first-order valence-electron chi connectivity index (χ1n) is 4.24. The molecule has 5 nitrogen and oxygen atoms in total. The van der Waals surface area contributed by atoms with E-state index in [-0.39, 0.29) is 19.8 Å². The van der Waals surface area contributed by atoms with Crippen LogP contribution in [0.5, 0.6) is 0 Å². The molecule has 0 spiro atoms. The summed E-state index contributed by atoms with van der Waals surface area (Å²) < 4.78 is 4.52. The van der Waals surface area contributed by atoms with Crippen molar-refractivity contribution in [3.63, 3.8) is 0 Å². The fourth-order valence-electron chi connectivity index (χ4n) is 0.977. The first-order chi connectivity index (χ1) is 6.10. The third kappa shape index (κ3) is 4.10. The maximum Gasteiger partial charge on any atom is 0.404 e. The van der Waals surface area contributed by atoms with Gasteiger partial charge in [0.1, 0.15) is 0 Å². The fourth-order valence-corrected chi connectivity index (χ4v) is 0.977. The van der Waals surface area contributed by atoms with E-state index in [1.54, 1.807) is 0 Å². The number of aliphatic hydroxyl groups is 2. The van der Waals surface area contributed by atoms with Crippen molar-refractivity contribution in [1.29, 1.82) is 0 Å². The number of primary amides is 1. The Morgan fingerprint density at radius 2 is 2.00 bits per heavy atom. The molecule has 0 aliphatic carbocycles. The molecular formula is C8H17NO4. The zero-order valence-corrected chi connectivity index (χ0v) is 7.82. The van der Waals surface area contributed by atoms with Gasteiger partial charge < -0.3 is 20.7 Å². The second kappa shape index (κ2) is 5.77. The van der Waals surface area contributed by atoms with Gasteiger partial charge in [-0.3, -0.25) is 0 Å². The average molecular weight is 191 g/mol. The normalized spacial score (nSPS) is 11.3. The predicted molar refractivity (Wildman–Crippen MR) is 47.0 cm³/mol. The van der Waals surface area contributed by atoms with Gasteiger partial charge in [-0.25, -0.2) is 4.79 Å². The number of nitrogens with two attached hydrogens (primary N) is 1. The Labute approximate surface area is 77.5 Å². The molecule has 0 bridgehead atoms. The molecular weight excluding hydrogens is 174 g/mol. The molecule has 0 aromatic carbocycles. The standard InChI is InChI=1S/C8H17NO4/c1-2-8(5-10,6-11)3-4-13-7(9)12/h10-11H,2-6H2,1H3,(H2,9,12). The van der Waals surface area contributed by atoms with Crippen molar-refractivity contribution in [1.82, 2.24) is 0 Å². The molecule has 1 amide bonds. The van der Waals surface area contributed by atoms with Crippen molar-refractivity contribution in [2.24, 2.45) is 11.1 Å². The van der Waals surface area contributed by atoms with Gasteiger partial charge in [-0.05, 0) is 12.8 Å². The molecule has 78 valence electrons. The molecule has 0 saturated carbocycles. The van der Waals surface area contributed by atoms with Crippen LogP contribution in [0.1, 0.15) is 19.8 Å². The van der Waals surface area contributed by atoms with Crippen molar-refractivity contribution in [2.75, 3.05) is 19.8 Å². The Morgan fingerprint density at radius 3 is 2.31 bits per heavy atom. The molecule has 0 radical (unpaired) electrons. The Balaban J connectivity index is 3.88. The van der Waals surface area contributed by atoms with Crippen LogP contribution in [0, 0.1) is 5.41 Å². The van der Waals surface area contributed by atoms with Crippen LogP contribution in [0.15, 0.2) is 0 Å². The van der Waals surface area contributed by atoms with E-state index in [4.69, 9.17) is 15.9 Å². The van der Waals surface area contributed by atoms with Gasteiger partial charge in [0.2, 0.25) is 0 Å². The van der Waals surface area contributed by atoms with E-state index >= 15 is 0 Å². The number of amides is 1. The van der Waals surface area contributed by atoms with Gasteiger partial charge in [0.05, 0.1) is 19.8 Å². The van der Waals surface area contributed by atoms with E-state index < -0.39 is 11.5 Å². The van der Waals surface area contributed by atoms with E-state index in [1.807, 2.05) is 6.92 Å². The Kier molecular flexibility index (Phi) is 5.41. The molecule has 0 fully saturated rings. The van der Waals surface area contributed by atoms with Crippen molar-refractivity contribution in [3.05, 3.63) is 0 Å². The third-order valence-electron chi connectivity index (χ3n) is 2.30. The molecule has 0 aromatic heterocycles. The van der Waals surface area contributed by atoms with Crippen molar-refractivity contribution >= 4 is 6.09 Å². The van der Waals surface area contributed by atoms with E-state index in [0.29, 0.717) is 12.8 Å². The molecule has 0 saturated heterocycles. The minimum atomic E-state index is -0.833. The van der Waals surface area contributed by atoms with E-state index in [9.17, 15) is 4.79 Å². The topological polar surface area (TPSA) is 92.8 Å². The SMILES string of the molecule is CCC(CO)(CO)CCOC(N)=O. The number of carbonyl (C=O) groups excluding carboxylic acids is 1. The summed E-state index contributed by atoms with van der Waals surface area (Å²) >= 11 is 0. The molecule has 0 rings (SSSR count). The average Bonchev–Trinajstić information content (AvgIpc) is 2.13. The summed E-state index contributed by atoms with van der Waals surface area (Å²) in [7, 11) is 0. The summed E-state index contributed by atoms with van der Waals surface area (Å²) in [5, 5.41) is 18.0. The van der Waals surface area contributed by atoms with Crippen LogP contribution in [0.4, 0.5) is 4.79 Å². The number of hydrogen-bond acceptors (Lipinski definition) is 4. The Morgan fingerprint density at radius 1 is 1.46 bits per heavy atom. The number of rotatable bonds is 6. The maximum atomic E-state index is 10.2. The van der Waals surface area contributed by atoms with Crippen LogP contribution in [-0.2, 0) is 4.74 Å². The van der Waals surface area contributed by atoms with Gasteiger partial charge in [0.15, 0.2) is 0 Å². The van der Waals surface area contributed by atoms with Gasteiger partial charge in [-0.1, -0.05) is 6.92 Å². The van der Waals surface area contributed by atoms with Crippen molar-refractivity contribution < 1.29 is 19.7 Å². The number of hydrogen-bond donors (Lipinski definition) is 3. The van der Waals surface area contributed by atoms with Gasteiger partial charge >= 0.3 is 6.09 Å². The summed E-state index contributed by atoms with van der Waals surface area (Å²) in [6.07, 6.45) is 0.211. The zero-order valence-electron chi connectivity index (χ0n) is 7.82. The zero-order chi connectivity index (χ0) is 10.3. The smallest absolute Gasteiger partial charge is 0.404 e. The van der Waals surface area contributed by atoms with E-state index in [2.05, 4.69) is 4.74 Å². The van der Waals surface area contributed by atoms with Crippen LogP contribution in [0.25, 0.3) is 0 Å². The predicted octanol–water partition coefficient (Wildman–Crippen LogP) is -0.147. The molecule has 4 N–H and O–H groups in total. The molecule has 0 aliphatic rings. The largest absolute Gasteiger partial charge is 0.450 e. The number of carbonyl (C=O) groups is 1. The second-order valence-corrected chi connectivity index (χ2v) is 3.09. The molecule has 0 aromatic rings. The van der Waals surface area contributed by atoms with Crippen LogP contribution < -0.4 is 5.73 Å². The Hall–Kier alpha value is -0.810. The summed E-state index contributed by atoms with van der Waals surface area (Å²) in [6, 6.07) is 0. The minimum Gasteiger partial charge on any atom is -0.450 e. The van der Waals surface area contributed by atoms with Gasteiger partial charge in [-0.2, -0.15) is 0 Å². The van der Waals surface area contributed by atoms with Gasteiger partial charge in [0, 0.05) is 5.41 Å². The number of aliphatic hydroxyl groups excluding tert-OH is 2. The van der Waals surface area contributed by atoms with Crippen LogP contribution in [0.3, 0.4) is 0 Å². The van der Waals surface area contributed by atoms with Gasteiger partial charge in [0.25, 0.3) is 0 Å². The summed E-state index contributed by atoms with van der Waals surface area (Å²) in [6.45, 7) is 1.74. The van der Waals surface area contributed by atoms with E-state index in [0.717, 1.165) is 0 Å². The second-order valence-electron chi connectivity index (χ2n) is 3.09. The van der Waals surface area contributed by atoms with E-state index in [1.165, 1.54) is 0 Å². The molecule has 0 atom stereocenters. The first-order valence-corrected chi connectivity index (χ1v) is 4.24. The van der Waals surface area contributed by atoms with Crippen LogP contribution in [0.2, 0.25) is 0 Å². The monoisotopic (exact) mass is 191 g/mol. The highest BCUT2D eigenvalue weighted by Gasteiger charge is 2.26. The molecule has 13 heavy (non-hydrogen) atoms. The summed E-state index contributed by atoms with van der Waals surface area (Å²) in [5.41, 5.74) is 4.20. The van der Waals surface area contributed by atoms with Crippen LogP contribution in [-0.4, -0.2) is 36.1 Å². The summed E-state index contributed by atoms with van der Waals surface area (Å²) in [4.78, 5) is 10.2. The quantitative estimate of drug-likeness (QED) is 0.544. The highest BCUT2D eigenvalue weighted by Crippen LogP contribution is 2.24. The number of ether oxygens (including phenoxy) is 1. The maximum absolute atomic E-state index is 10.2. The molecule has 0 unspecified atom stereocenters. The molecule has 5 heteroatoms. The lowest BCUT2D eigenvalue weighted by molar-refractivity contribution is 0.0261. The molecule has 0 heterocycles.